The van der Waals surface area contributed by atoms with Gasteiger partial charge in [-0.1, -0.05) is 41.8 Å². The van der Waals surface area contributed by atoms with Gasteiger partial charge in [0.05, 0.1) is 5.75 Å². The molecule has 0 bridgehead atoms. The van der Waals surface area contributed by atoms with E-state index >= 15 is 0 Å². The summed E-state index contributed by atoms with van der Waals surface area (Å²) in [5, 5.41) is 18.1. The summed E-state index contributed by atoms with van der Waals surface area (Å²) in [5.41, 5.74) is 1.94. The fourth-order valence-corrected chi connectivity index (χ4v) is 2.79. The Hall–Kier alpha value is -2.62. The van der Waals surface area contributed by atoms with Crippen LogP contribution in [0.4, 0.5) is 0 Å². The largest absolute Gasteiger partial charge is 0.384 e. The molecule has 0 saturated carbocycles. The Balaban J connectivity index is 2.02. The number of para-hydroxylation sites is 1. The molecule has 1 aromatic carbocycles. The number of benzene rings is 1. The quantitative estimate of drug-likeness (QED) is 0.590. The van der Waals surface area contributed by atoms with Crippen molar-refractivity contribution in [3.05, 3.63) is 54.9 Å². The van der Waals surface area contributed by atoms with E-state index in [0.29, 0.717) is 5.75 Å². The highest BCUT2D eigenvalue weighted by molar-refractivity contribution is 7.99. The van der Waals surface area contributed by atoms with Crippen LogP contribution in [0.25, 0.3) is 17.1 Å². The molecule has 0 saturated heterocycles. The molecule has 2 heterocycles. The fraction of sp³-hybridized carbons (Fsp3) is 0.118. The molecule has 2 aromatic heterocycles. The standard InChI is InChI=1S/C17H14N4OS/c22-12-4-5-13-23-17-20-19-16(14-8-10-18-11-9-14)21(17)15-6-2-1-3-7-15/h1-3,6-11,22H,12-13H2. The number of pyridine rings is 1. The second kappa shape index (κ2) is 7.58. The highest BCUT2D eigenvalue weighted by atomic mass is 32.2. The molecule has 0 aliphatic rings. The van der Waals surface area contributed by atoms with E-state index in [-0.39, 0.29) is 6.61 Å². The van der Waals surface area contributed by atoms with Gasteiger partial charge in [0.2, 0.25) is 0 Å². The summed E-state index contributed by atoms with van der Waals surface area (Å²) in [6, 6.07) is 13.8. The first kappa shape index (κ1) is 15.3. The predicted molar refractivity (Wildman–Crippen MR) is 90.2 cm³/mol. The first-order valence-corrected chi connectivity index (χ1v) is 7.99. The van der Waals surface area contributed by atoms with Crippen molar-refractivity contribution in [2.45, 2.75) is 5.16 Å². The van der Waals surface area contributed by atoms with E-state index in [1.54, 1.807) is 12.4 Å². The van der Waals surface area contributed by atoms with Crippen LogP contribution in [0, 0.1) is 11.8 Å². The minimum absolute atomic E-state index is 0.131. The molecule has 0 aliphatic carbocycles. The maximum atomic E-state index is 8.73. The van der Waals surface area contributed by atoms with Gasteiger partial charge in [-0.05, 0) is 24.3 Å². The van der Waals surface area contributed by atoms with Crippen LogP contribution >= 0.6 is 11.8 Å². The van der Waals surface area contributed by atoms with E-state index in [1.807, 2.05) is 47.0 Å². The van der Waals surface area contributed by atoms with Crippen molar-refractivity contribution in [1.82, 2.24) is 19.7 Å². The zero-order valence-corrected chi connectivity index (χ0v) is 13.1. The van der Waals surface area contributed by atoms with Crippen molar-refractivity contribution in [2.24, 2.45) is 0 Å². The Morgan fingerprint density at radius 1 is 1.00 bits per heavy atom. The van der Waals surface area contributed by atoms with Gasteiger partial charge in [0.25, 0.3) is 0 Å². The van der Waals surface area contributed by atoms with Crippen LogP contribution in [0.2, 0.25) is 0 Å². The lowest BCUT2D eigenvalue weighted by Gasteiger charge is -2.09. The number of rotatable bonds is 4. The fourth-order valence-electron chi connectivity index (χ4n) is 2.07. The summed E-state index contributed by atoms with van der Waals surface area (Å²) in [5.74, 6) is 6.82. The number of aliphatic hydroxyl groups excluding tert-OH is 1. The number of hydrogen-bond acceptors (Lipinski definition) is 5. The number of aliphatic hydroxyl groups is 1. The molecule has 0 amide bonds. The van der Waals surface area contributed by atoms with Gasteiger partial charge in [0.1, 0.15) is 6.61 Å². The minimum atomic E-state index is -0.131. The normalized spacial score (nSPS) is 10.1. The molecule has 0 atom stereocenters. The van der Waals surface area contributed by atoms with E-state index in [4.69, 9.17) is 5.11 Å². The summed E-state index contributed by atoms with van der Waals surface area (Å²) < 4.78 is 2.00. The Kier molecular flexibility index (Phi) is 5.04. The lowest BCUT2D eigenvalue weighted by Crippen LogP contribution is -1.99. The topological polar surface area (TPSA) is 63.8 Å². The number of nitrogens with zero attached hydrogens (tertiary/aromatic N) is 4. The van der Waals surface area contributed by atoms with Crippen LogP contribution in [0.5, 0.6) is 0 Å². The van der Waals surface area contributed by atoms with Crippen molar-refractivity contribution in [1.29, 1.82) is 0 Å². The first-order chi connectivity index (χ1) is 11.4. The maximum Gasteiger partial charge on any atom is 0.197 e. The summed E-state index contributed by atoms with van der Waals surface area (Å²) in [6.07, 6.45) is 3.47. The highest BCUT2D eigenvalue weighted by Gasteiger charge is 2.15. The SMILES string of the molecule is OCC#CCSc1nnc(-c2ccncc2)n1-c1ccccc1. The van der Waals surface area contributed by atoms with Crippen molar-refractivity contribution in [3.63, 3.8) is 0 Å². The van der Waals surface area contributed by atoms with Crippen LogP contribution in [-0.2, 0) is 0 Å². The monoisotopic (exact) mass is 322 g/mol. The maximum absolute atomic E-state index is 8.73. The van der Waals surface area contributed by atoms with Gasteiger partial charge in [-0.2, -0.15) is 0 Å². The van der Waals surface area contributed by atoms with E-state index < -0.39 is 0 Å². The van der Waals surface area contributed by atoms with Crippen molar-refractivity contribution >= 4 is 11.8 Å². The van der Waals surface area contributed by atoms with Gasteiger partial charge >= 0.3 is 0 Å². The van der Waals surface area contributed by atoms with Crippen molar-refractivity contribution in [2.75, 3.05) is 12.4 Å². The average Bonchev–Trinajstić information content (AvgIpc) is 3.04. The van der Waals surface area contributed by atoms with Crippen LogP contribution in [0.1, 0.15) is 0 Å². The van der Waals surface area contributed by atoms with Crippen molar-refractivity contribution < 1.29 is 5.11 Å². The summed E-state index contributed by atoms with van der Waals surface area (Å²) >= 11 is 1.49. The number of thioether (sulfide) groups is 1. The predicted octanol–water partition coefficient (Wildman–Crippen LogP) is 2.42. The molecule has 23 heavy (non-hydrogen) atoms. The Morgan fingerprint density at radius 2 is 1.78 bits per heavy atom. The zero-order valence-electron chi connectivity index (χ0n) is 12.3. The number of hydrogen-bond donors (Lipinski definition) is 1. The molecule has 0 fully saturated rings. The second-order valence-electron chi connectivity index (χ2n) is 4.51. The van der Waals surface area contributed by atoms with Gasteiger partial charge in [-0.25, -0.2) is 0 Å². The van der Waals surface area contributed by atoms with Gasteiger partial charge in [-0.15, -0.1) is 10.2 Å². The van der Waals surface area contributed by atoms with Crippen molar-refractivity contribution in [3.8, 4) is 28.9 Å². The third-order valence-corrected chi connectivity index (χ3v) is 3.87. The summed E-state index contributed by atoms with van der Waals surface area (Å²) in [7, 11) is 0. The molecule has 0 radical (unpaired) electrons. The van der Waals surface area contributed by atoms with Gasteiger partial charge in [-0.3, -0.25) is 9.55 Å². The molecular formula is C17H14N4OS. The average molecular weight is 322 g/mol. The molecular weight excluding hydrogens is 308 g/mol. The van der Waals surface area contributed by atoms with E-state index in [0.717, 1.165) is 22.2 Å². The van der Waals surface area contributed by atoms with Crippen LogP contribution in [0.15, 0.2) is 60.0 Å². The number of aromatic nitrogens is 4. The molecule has 114 valence electrons. The van der Waals surface area contributed by atoms with E-state index in [2.05, 4.69) is 27.0 Å². The Labute approximate surface area is 138 Å². The smallest absolute Gasteiger partial charge is 0.197 e. The van der Waals surface area contributed by atoms with E-state index in [9.17, 15) is 0 Å². The molecule has 3 aromatic rings. The molecule has 5 nitrogen and oxygen atoms in total. The first-order valence-electron chi connectivity index (χ1n) is 7.01. The Bertz CT molecular complexity index is 822. The third kappa shape index (κ3) is 3.59. The molecule has 1 N–H and O–H groups in total. The lowest BCUT2D eigenvalue weighted by atomic mass is 10.2. The lowest BCUT2D eigenvalue weighted by molar-refractivity contribution is 0.350. The highest BCUT2D eigenvalue weighted by Crippen LogP contribution is 2.27. The van der Waals surface area contributed by atoms with Crippen LogP contribution < -0.4 is 0 Å². The minimum Gasteiger partial charge on any atom is -0.384 e. The summed E-state index contributed by atoms with van der Waals surface area (Å²) in [6.45, 7) is -0.131. The molecule has 3 rings (SSSR count). The molecule has 0 spiro atoms. The van der Waals surface area contributed by atoms with Gasteiger partial charge in [0, 0.05) is 23.6 Å². The van der Waals surface area contributed by atoms with Gasteiger partial charge in [0.15, 0.2) is 11.0 Å². The third-order valence-electron chi connectivity index (χ3n) is 3.06. The Morgan fingerprint density at radius 3 is 2.52 bits per heavy atom. The zero-order chi connectivity index (χ0) is 15.9. The van der Waals surface area contributed by atoms with Crippen LogP contribution in [0.3, 0.4) is 0 Å². The van der Waals surface area contributed by atoms with Crippen LogP contribution in [-0.4, -0.2) is 37.2 Å². The molecule has 0 unspecified atom stereocenters. The van der Waals surface area contributed by atoms with Gasteiger partial charge < -0.3 is 5.11 Å². The summed E-state index contributed by atoms with van der Waals surface area (Å²) in [4.78, 5) is 4.05. The molecule has 0 aliphatic heterocycles. The second-order valence-corrected chi connectivity index (χ2v) is 5.46. The molecule has 6 heteroatoms. The van der Waals surface area contributed by atoms with E-state index in [1.165, 1.54) is 11.8 Å².